The molecule has 0 spiro atoms. The normalized spacial score (nSPS) is 11.7. The third kappa shape index (κ3) is 5.80. The maximum Gasteiger partial charge on any atom is 0.264 e. The molecule has 0 saturated heterocycles. The van der Waals surface area contributed by atoms with Crippen molar-refractivity contribution < 1.29 is 13.2 Å². The first-order valence-corrected chi connectivity index (χ1v) is 14.6. The van der Waals surface area contributed by atoms with Gasteiger partial charge in [0, 0.05) is 25.7 Å². The van der Waals surface area contributed by atoms with Gasteiger partial charge in [-0.2, -0.15) is 0 Å². The highest BCUT2D eigenvalue weighted by atomic mass is 35.5. The van der Waals surface area contributed by atoms with E-state index in [2.05, 4.69) is 23.7 Å². The summed E-state index contributed by atoms with van der Waals surface area (Å²) < 4.78 is 28.4. The van der Waals surface area contributed by atoms with Crippen LogP contribution in [0.4, 0.5) is 10.8 Å². The number of anilines is 2. The molecule has 37 heavy (non-hydrogen) atoms. The van der Waals surface area contributed by atoms with E-state index < -0.39 is 10.0 Å². The molecule has 4 rings (SSSR count). The lowest BCUT2D eigenvalue weighted by Crippen LogP contribution is -2.38. The molecule has 1 aromatic heterocycles. The zero-order valence-corrected chi connectivity index (χ0v) is 23.4. The van der Waals surface area contributed by atoms with Gasteiger partial charge in [-0.15, -0.1) is 0 Å². The van der Waals surface area contributed by atoms with Crippen LogP contribution in [0.1, 0.15) is 24.2 Å². The number of carbonyl (C=O) groups is 1. The summed E-state index contributed by atoms with van der Waals surface area (Å²) in [6.45, 7) is 7.01. The monoisotopic (exact) mass is 556 g/mol. The highest BCUT2D eigenvalue weighted by molar-refractivity contribution is 7.92. The molecule has 0 atom stereocenters. The summed E-state index contributed by atoms with van der Waals surface area (Å²) in [5.74, 6) is -0.248. The van der Waals surface area contributed by atoms with Crippen molar-refractivity contribution in [1.29, 1.82) is 0 Å². The van der Waals surface area contributed by atoms with E-state index >= 15 is 0 Å². The number of halogens is 1. The molecule has 0 unspecified atom stereocenters. The first-order valence-electron chi connectivity index (χ1n) is 12.0. The summed E-state index contributed by atoms with van der Waals surface area (Å²) in [7, 11) is -2.27. The van der Waals surface area contributed by atoms with E-state index in [9.17, 15) is 13.2 Å². The quantitative estimate of drug-likeness (QED) is 0.248. The van der Waals surface area contributed by atoms with E-state index in [-0.39, 0.29) is 10.8 Å². The molecule has 7 nitrogen and oxygen atoms in total. The molecule has 0 radical (unpaired) electrons. The Balaban J connectivity index is 1.64. The number of rotatable bonds is 10. The number of likely N-dealkylation sites (N-methyl/N-ethyl adjacent to an activating group) is 1. The average Bonchev–Trinajstić information content (AvgIpc) is 3.36. The first-order chi connectivity index (χ1) is 17.8. The largest absolute Gasteiger partial charge is 0.302 e. The number of benzene rings is 3. The molecule has 194 valence electrons. The number of para-hydroxylation sites is 2. The second-order valence-electron chi connectivity index (χ2n) is 8.40. The van der Waals surface area contributed by atoms with Gasteiger partial charge in [0.1, 0.15) is 5.52 Å². The van der Waals surface area contributed by atoms with Gasteiger partial charge in [-0.3, -0.25) is 14.0 Å². The second kappa shape index (κ2) is 11.6. The van der Waals surface area contributed by atoms with Crippen LogP contribution in [0, 0.1) is 0 Å². The number of carbonyl (C=O) groups excluding carboxylic acids is 1. The Labute approximate surface area is 227 Å². The molecule has 0 N–H and O–H groups in total. The Hall–Kier alpha value is -2.98. The van der Waals surface area contributed by atoms with Gasteiger partial charge in [-0.05, 0) is 61.6 Å². The summed E-state index contributed by atoms with van der Waals surface area (Å²) in [5.41, 5.74) is 1.60. The van der Waals surface area contributed by atoms with Crippen LogP contribution in [0.25, 0.3) is 10.2 Å². The number of fused-ring (bicyclic) bond motifs is 1. The van der Waals surface area contributed by atoms with Crippen LogP contribution >= 0.6 is 22.9 Å². The van der Waals surface area contributed by atoms with Crippen molar-refractivity contribution in [3.05, 3.63) is 83.4 Å². The van der Waals surface area contributed by atoms with Crippen LogP contribution in [-0.4, -0.2) is 57.4 Å². The molecule has 10 heteroatoms. The Kier molecular flexibility index (Phi) is 8.49. The summed E-state index contributed by atoms with van der Waals surface area (Å²) >= 11 is 7.75. The highest BCUT2D eigenvalue weighted by Crippen LogP contribution is 2.33. The van der Waals surface area contributed by atoms with Crippen molar-refractivity contribution in [2.45, 2.75) is 18.7 Å². The van der Waals surface area contributed by atoms with E-state index in [0.717, 1.165) is 17.8 Å². The third-order valence-electron chi connectivity index (χ3n) is 6.25. The molecular weight excluding hydrogens is 528 g/mol. The Morgan fingerprint density at radius 3 is 2.22 bits per heavy atom. The molecule has 1 amide bonds. The summed E-state index contributed by atoms with van der Waals surface area (Å²) in [6.07, 6.45) is 0. The lowest BCUT2D eigenvalue weighted by atomic mass is 10.2. The van der Waals surface area contributed by atoms with Crippen molar-refractivity contribution in [3.63, 3.8) is 0 Å². The third-order valence-corrected chi connectivity index (χ3v) is 9.40. The Morgan fingerprint density at radius 1 is 0.919 bits per heavy atom. The van der Waals surface area contributed by atoms with Crippen LogP contribution < -0.4 is 9.21 Å². The van der Waals surface area contributed by atoms with Gasteiger partial charge >= 0.3 is 0 Å². The Bertz CT molecular complexity index is 1470. The van der Waals surface area contributed by atoms with Crippen molar-refractivity contribution in [2.75, 3.05) is 42.4 Å². The zero-order valence-electron chi connectivity index (χ0n) is 21.0. The molecule has 0 bridgehead atoms. The van der Waals surface area contributed by atoms with Crippen molar-refractivity contribution in [2.24, 2.45) is 0 Å². The SMILES string of the molecule is CCN(CC)CCN(C(=O)c1ccc(S(=O)(=O)N(C)c2ccccc2)cc1)c1nc2c(Cl)cccc2s1. The minimum absolute atomic E-state index is 0.108. The van der Waals surface area contributed by atoms with Crippen LogP contribution in [0.3, 0.4) is 0 Å². The highest BCUT2D eigenvalue weighted by Gasteiger charge is 2.25. The fourth-order valence-electron chi connectivity index (χ4n) is 3.94. The second-order valence-corrected chi connectivity index (χ2v) is 11.8. The first kappa shape index (κ1) is 27.1. The van der Waals surface area contributed by atoms with E-state index in [1.165, 1.54) is 34.8 Å². The zero-order chi connectivity index (χ0) is 26.6. The summed E-state index contributed by atoms with van der Waals surface area (Å²) in [6, 6.07) is 20.5. The predicted octanol–water partition coefficient (Wildman–Crippen LogP) is 5.76. The number of sulfonamides is 1. The molecule has 1 heterocycles. The molecule has 0 fully saturated rings. The molecule has 0 aliphatic rings. The van der Waals surface area contributed by atoms with Gasteiger partial charge < -0.3 is 4.90 Å². The fraction of sp³-hybridized carbons (Fsp3) is 0.259. The van der Waals surface area contributed by atoms with Gasteiger partial charge in [-0.1, -0.05) is 61.1 Å². The summed E-state index contributed by atoms with van der Waals surface area (Å²) in [5, 5.41) is 1.09. The number of hydrogen-bond acceptors (Lipinski definition) is 6. The Morgan fingerprint density at radius 2 is 1.59 bits per heavy atom. The van der Waals surface area contributed by atoms with Crippen molar-refractivity contribution in [1.82, 2.24) is 9.88 Å². The number of thiazole rings is 1. The van der Waals surface area contributed by atoms with E-state index in [1.807, 2.05) is 18.2 Å². The van der Waals surface area contributed by atoms with Gasteiger partial charge in [-0.25, -0.2) is 13.4 Å². The van der Waals surface area contributed by atoms with Crippen molar-refractivity contribution in [3.8, 4) is 0 Å². The van der Waals surface area contributed by atoms with Crippen molar-refractivity contribution >= 4 is 59.9 Å². The number of nitrogens with zero attached hydrogens (tertiary/aromatic N) is 4. The minimum atomic E-state index is -3.78. The van der Waals surface area contributed by atoms with Gasteiger partial charge in [0.25, 0.3) is 15.9 Å². The standard InChI is InChI=1S/C27H29ClN4O3S2/c1-4-31(5-2)18-19-32(27-29-25-23(28)12-9-13-24(25)36-27)26(33)20-14-16-22(17-15-20)37(34,35)30(3)21-10-7-6-8-11-21/h6-17H,4-5,18-19H2,1-3H3. The molecule has 3 aromatic carbocycles. The summed E-state index contributed by atoms with van der Waals surface area (Å²) in [4.78, 5) is 22.4. The molecule has 0 saturated carbocycles. The molecule has 0 aliphatic heterocycles. The van der Waals surface area contributed by atoms with Gasteiger partial charge in [0.2, 0.25) is 0 Å². The van der Waals surface area contributed by atoms with Crippen LogP contribution in [0.5, 0.6) is 0 Å². The maximum atomic E-state index is 13.7. The lowest BCUT2D eigenvalue weighted by molar-refractivity contribution is 0.0983. The van der Waals surface area contributed by atoms with E-state index in [4.69, 9.17) is 11.6 Å². The predicted molar refractivity (Wildman–Crippen MR) is 153 cm³/mol. The molecule has 4 aromatic rings. The van der Waals surface area contributed by atoms with Gasteiger partial charge in [0.05, 0.1) is 20.3 Å². The number of amides is 1. The minimum Gasteiger partial charge on any atom is -0.302 e. The van der Waals surface area contributed by atoms with Crippen LogP contribution in [0.15, 0.2) is 77.7 Å². The molecule has 0 aliphatic carbocycles. The van der Waals surface area contributed by atoms with Crippen LogP contribution in [-0.2, 0) is 10.0 Å². The number of hydrogen-bond donors (Lipinski definition) is 0. The number of aromatic nitrogens is 1. The molecular formula is C27H29ClN4O3S2. The smallest absolute Gasteiger partial charge is 0.264 e. The fourth-order valence-corrected chi connectivity index (χ4v) is 6.43. The van der Waals surface area contributed by atoms with Crippen LogP contribution in [0.2, 0.25) is 5.02 Å². The topological polar surface area (TPSA) is 73.8 Å². The van der Waals surface area contributed by atoms with E-state index in [0.29, 0.717) is 40.0 Å². The lowest BCUT2D eigenvalue weighted by Gasteiger charge is -2.25. The average molecular weight is 557 g/mol. The van der Waals surface area contributed by atoms with E-state index in [1.54, 1.807) is 47.4 Å². The maximum absolute atomic E-state index is 13.7. The van der Waals surface area contributed by atoms with Gasteiger partial charge in [0.15, 0.2) is 5.13 Å².